The van der Waals surface area contributed by atoms with Crippen LogP contribution in [-0.4, -0.2) is 25.1 Å². The van der Waals surface area contributed by atoms with Gasteiger partial charge in [-0.3, -0.25) is 10.1 Å². The Labute approximate surface area is 92.8 Å². The van der Waals surface area contributed by atoms with E-state index in [1.807, 2.05) is 0 Å². The fraction of sp³-hybridized carbons (Fsp3) is 0.125. The molecule has 7 nitrogen and oxygen atoms in total. The highest BCUT2D eigenvalue weighted by molar-refractivity contribution is 5.60. The summed E-state index contributed by atoms with van der Waals surface area (Å²) in [4.78, 5) is 9.71. The van der Waals surface area contributed by atoms with Crippen LogP contribution in [0.1, 0.15) is 0 Å². The number of nitro benzene ring substituents is 1. The molecule has 1 aromatic carbocycles. The summed E-state index contributed by atoms with van der Waals surface area (Å²) in [6.45, 7) is 0. The summed E-state index contributed by atoms with van der Waals surface area (Å²) in [5.41, 5.74) is -0.925. The monoisotopic (exact) mass is 241 g/mol. The number of nitrogens with zero attached hydrogens (tertiary/aromatic N) is 5. The number of aryl methyl sites for hydroxylation is 1. The molecule has 0 saturated carbocycles. The Hall–Kier alpha value is -2.45. The fourth-order valence-corrected chi connectivity index (χ4v) is 1.30. The van der Waals surface area contributed by atoms with Crippen LogP contribution in [0.3, 0.4) is 0 Å². The third kappa shape index (κ3) is 1.82. The standard InChI is InChI=1S/C8H5F2N5O2/c1-14-8(11-12-13-14)5-2-4(15(16)17)3-6(9)7(5)10/h2-3H,1H3. The number of aromatic nitrogens is 4. The molecule has 0 N–H and O–H groups in total. The summed E-state index contributed by atoms with van der Waals surface area (Å²) in [6.07, 6.45) is 0. The first-order valence-electron chi connectivity index (χ1n) is 4.37. The summed E-state index contributed by atoms with van der Waals surface area (Å²) < 4.78 is 27.7. The first-order valence-corrected chi connectivity index (χ1v) is 4.37. The zero-order valence-electron chi connectivity index (χ0n) is 8.46. The number of hydrogen-bond donors (Lipinski definition) is 0. The van der Waals surface area contributed by atoms with Crippen molar-refractivity contribution in [1.82, 2.24) is 20.2 Å². The molecule has 0 aliphatic heterocycles. The lowest BCUT2D eigenvalue weighted by Gasteiger charge is -2.02. The molecule has 0 amide bonds. The molecule has 17 heavy (non-hydrogen) atoms. The van der Waals surface area contributed by atoms with Crippen molar-refractivity contribution in [2.45, 2.75) is 0 Å². The van der Waals surface area contributed by atoms with E-state index in [1.165, 1.54) is 7.05 Å². The van der Waals surface area contributed by atoms with E-state index >= 15 is 0 Å². The summed E-state index contributed by atoms with van der Waals surface area (Å²) in [6, 6.07) is 1.38. The van der Waals surface area contributed by atoms with Gasteiger partial charge in [0.05, 0.1) is 16.6 Å². The molecule has 9 heteroatoms. The molecular weight excluding hydrogens is 236 g/mol. The average molecular weight is 241 g/mol. The van der Waals surface area contributed by atoms with Crippen molar-refractivity contribution in [2.24, 2.45) is 7.05 Å². The average Bonchev–Trinajstić information content (AvgIpc) is 2.68. The third-order valence-corrected chi connectivity index (χ3v) is 2.08. The quantitative estimate of drug-likeness (QED) is 0.579. The van der Waals surface area contributed by atoms with E-state index in [0.29, 0.717) is 6.07 Å². The molecule has 1 heterocycles. The smallest absolute Gasteiger partial charge is 0.258 e. The predicted molar refractivity (Wildman–Crippen MR) is 50.8 cm³/mol. The van der Waals surface area contributed by atoms with Crippen LogP contribution in [0.25, 0.3) is 11.4 Å². The molecule has 0 bridgehead atoms. The van der Waals surface area contributed by atoms with Crippen molar-refractivity contribution >= 4 is 5.69 Å². The van der Waals surface area contributed by atoms with E-state index in [4.69, 9.17) is 0 Å². The highest BCUT2D eigenvalue weighted by Gasteiger charge is 2.21. The maximum absolute atomic E-state index is 13.5. The summed E-state index contributed by atoms with van der Waals surface area (Å²) >= 11 is 0. The zero-order chi connectivity index (χ0) is 12.6. The number of rotatable bonds is 2. The Balaban J connectivity index is 2.69. The van der Waals surface area contributed by atoms with Gasteiger partial charge in [-0.1, -0.05) is 0 Å². The van der Waals surface area contributed by atoms with Gasteiger partial charge in [-0.15, -0.1) is 5.10 Å². The van der Waals surface area contributed by atoms with Gasteiger partial charge in [0.25, 0.3) is 5.69 Å². The number of nitro groups is 1. The van der Waals surface area contributed by atoms with Crippen molar-refractivity contribution in [3.8, 4) is 11.4 Å². The Morgan fingerprint density at radius 2 is 2.12 bits per heavy atom. The summed E-state index contributed by atoms with van der Waals surface area (Å²) in [5, 5.41) is 20.7. The van der Waals surface area contributed by atoms with Crippen molar-refractivity contribution in [1.29, 1.82) is 0 Å². The molecule has 88 valence electrons. The lowest BCUT2D eigenvalue weighted by molar-refractivity contribution is -0.385. The maximum atomic E-state index is 13.5. The van der Waals surface area contributed by atoms with Gasteiger partial charge in [0, 0.05) is 13.1 Å². The molecule has 0 aliphatic carbocycles. The second-order valence-corrected chi connectivity index (χ2v) is 3.17. The number of tetrazole rings is 1. The highest BCUT2D eigenvalue weighted by Crippen LogP contribution is 2.27. The maximum Gasteiger partial charge on any atom is 0.273 e. The van der Waals surface area contributed by atoms with Crippen molar-refractivity contribution < 1.29 is 13.7 Å². The van der Waals surface area contributed by atoms with Gasteiger partial charge in [-0.25, -0.2) is 13.5 Å². The van der Waals surface area contributed by atoms with Crippen LogP contribution in [0.5, 0.6) is 0 Å². The van der Waals surface area contributed by atoms with Crippen molar-refractivity contribution in [2.75, 3.05) is 0 Å². The van der Waals surface area contributed by atoms with Crippen molar-refractivity contribution in [3.05, 3.63) is 33.9 Å². The normalized spacial score (nSPS) is 10.5. The van der Waals surface area contributed by atoms with E-state index in [0.717, 1.165) is 10.7 Å². The number of halogens is 2. The zero-order valence-corrected chi connectivity index (χ0v) is 8.46. The minimum absolute atomic E-state index is 0.0925. The van der Waals surface area contributed by atoms with E-state index in [2.05, 4.69) is 15.5 Å². The van der Waals surface area contributed by atoms with Crippen LogP contribution in [0, 0.1) is 21.7 Å². The second kappa shape index (κ2) is 3.85. The Kier molecular flexibility index (Phi) is 2.50. The molecule has 0 saturated heterocycles. The molecular formula is C8H5F2N5O2. The SMILES string of the molecule is Cn1nnnc1-c1cc([N+](=O)[O-])cc(F)c1F. The van der Waals surface area contributed by atoms with Crippen molar-refractivity contribution in [3.63, 3.8) is 0 Å². The largest absolute Gasteiger partial charge is 0.273 e. The molecule has 0 spiro atoms. The van der Waals surface area contributed by atoms with Crippen LogP contribution in [0.2, 0.25) is 0 Å². The number of hydrogen-bond acceptors (Lipinski definition) is 5. The molecule has 2 rings (SSSR count). The Morgan fingerprint density at radius 1 is 1.41 bits per heavy atom. The lowest BCUT2D eigenvalue weighted by Crippen LogP contribution is -2.00. The van der Waals surface area contributed by atoms with E-state index in [-0.39, 0.29) is 11.4 Å². The van der Waals surface area contributed by atoms with E-state index in [9.17, 15) is 18.9 Å². The van der Waals surface area contributed by atoms with Gasteiger partial charge in [0.1, 0.15) is 0 Å². The van der Waals surface area contributed by atoms with Gasteiger partial charge in [-0.05, 0) is 10.4 Å². The van der Waals surface area contributed by atoms with Crippen LogP contribution < -0.4 is 0 Å². The molecule has 0 radical (unpaired) electrons. The number of benzene rings is 1. The van der Waals surface area contributed by atoms with Gasteiger partial charge < -0.3 is 0 Å². The molecule has 0 unspecified atom stereocenters. The highest BCUT2D eigenvalue weighted by atomic mass is 19.2. The first kappa shape index (κ1) is 11.0. The van der Waals surface area contributed by atoms with Gasteiger partial charge in [0.15, 0.2) is 17.5 Å². The molecule has 0 fully saturated rings. The molecule has 2 aromatic rings. The molecule has 0 aliphatic rings. The summed E-state index contributed by atoms with van der Waals surface area (Å²) in [5.74, 6) is -2.64. The number of non-ortho nitro benzene ring substituents is 1. The second-order valence-electron chi connectivity index (χ2n) is 3.17. The van der Waals surface area contributed by atoms with Gasteiger partial charge in [0.2, 0.25) is 0 Å². The van der Waals surface area contributed by atoms with E-state index < -0.39 is 22.2 Å². The van der Waals surface area contributed by atoms with E-state index in [1.54, 1.807) is 0 Å². The van der Waals surface area contributed by atoms with Crippen LogP contribution in [-0.2, 0) is 7.05 Å². The Bertz CT molecular complexity index is 598. The molecule has 1 aromatic heterocycles. The van der Waals surface area contributed by atoms with Crippen LogP contribution in [0.4, 0.5) is 14.5 Å². The summed E-state index contributed by atoms with van der Waals surface area (Å²) in [7, 11) is 1.41. The topological polar surface area (TPSA) is 86.7 Å². The fourth-order valence-electron chi connectivity index (χ4n) is 1.30. The Morgan fingerprint density at radius 3 is 2.65 bits per heavy atom. The van der Waals surface area contributed by atoms with Crippen LogP contribution in [0.15, 0.2) is 12.1 Å². The minimum atomic E-state index is -1.32. The van der Waals surface area contributed by atoms with Gasteiger partial charge in [-0.2, -0.15) is 0 Å². The minimum Gasteiger partial charge on any atom is -0.258 e. The third-order valence-electron chi connectivity index (χ3n) is 2.08. The lowest BCUT2D eigenvalue weighted by atomic mass is 10.1. The first-order chi connectivity index (χ1) is 8.00. The predicted octanol–water partition coefficient (Wildman–Crippen LogP) is 1.06. The van der Waals surface area contributed by atoms with Gasteiger partial charge >= 0.3 is 0 Å². The molecule has 0 atom stereocenters. The van der Waals surface area contributed by atoms with Crippen LogP contribution >= 0.6 is 0 Å².